The van der Waals surface area contributed by atoms with E-state index in [9.17, 15) is 4.79 Å². The van der Waals surface area contributed by atoms with Crippen molar-refractivity contribution in [1.82, 2.24) is 4.90 Å². The smallest absolute Gasteiger partial charge is 0.241 e. The average Bonchev–Trinajstić information content (AvgIpc) is 2.44. The second-order valence-electron chi connectivity index (χ2n) is 5.51. The van der Waals surface area contributed by atoms with Crippen LogP contribution in [0.3, 0.4) is 0 Å². The van der Waals surface area contributed by atoms with Gasteiger partial charge in [0.25, 0.3) is 0 Å². The van der Waals surface area contributed by atoms with Gasteiger partial charge in [-0.05, 0) is 31.0 Å². The van der Waals surface area contributed by atoms with Crippen LogP contribution in [0.2, 0.25) is 0 Å². The minimum Gasteiger partial charge on any atom is -0.326 e. The Hall–Kier alpha value is -1.39. The zero-order chi connectivity index (χ0) is 15.1. The summed E-state index contributed by atoms with van der Waals surface area (Å²) in [5, 5.41) is 2.99. The zero-order valence-electron chi connectivity index (χ0n) is 13.0. The van der Waals surface area contributed by atoms with Crippen molar-refractivity contribution in [3.8, 4) is 0 Å². The van der Waals surface area contributed by atoms with Crippen LogP contribution in [0.5, 0.6) is 0 Å². The summed E-state index contributed by atoms with van der Waals surface area (Å²) in [6, 6.07) is 7.52. The summed E-state index contributed by atoms with van der Waals surface area (Å²) in [6.45, 7) is 10.6. The third kappa shape index (κ3) is 4.62. The molecule has 0 heterocycles. The summed E-state index contributed by atoms with van der Waals surface area (Å²) < 4.78 is 0. The Balaban J connectivity index is 2.74. The van der Waals surface area contributed by atoms with Crippen LogP contribution in [0.1, 0.15) is 33.3 Å². The van der Waals surface area contributed by atoms with Crippen LogP contribution in [0, 0.1) is 5.92 Å². The summed E-state index contributed by atoms with van der Waals surface area (Å²) in [7, 11) is 0. The van der Waals surface area contributed by atoms with Crippen molar-refractivity contribution in [2.45, 2.75) is 40.3 Å². The highest BCUT2D eigenvalue weighted by Crippen LogP contribution is 2.15. The van der Waals surface area contributed by atoms with E-state index in [-0.39, 0.29) is 11.9 Å². The zero-order valence-corrected chi connectivity index (χ0v) is 13.0. The SMILES string of the molecule is CCN(CC(C)C)C(C)C(=O)Nc1ccccc1CN. The molecule has 0 aromatic heterocycles. The fourth-order valence-corrected chi connectivity index (χ4v) is 2.25. The number of amides is 1. The second kappa shape index (κ2) is 8.02. The molecule has 4 nitrogen and oxygen atoms in total. The van der Waals surface area contributed by atoms with E-state index in [1.54, 1.807) is 0 Å². The van der Waals surface area contributed by atoms with Crippen molar-refractivity contribution in [1.29, 1.82) is 0 Å². The normalized spacial score (nSPS) is 12.8. The topological polar surface area (TPSA) is 58.4 Å². The van der Waals surface area contributed by atoms with Crippen molar-refractivity contribution in [2.75, 3.05) is 18.4 Å². The van der Waals surface area contributed by atoms with Gasteiger partial charge in [0.05, 0.1) is 6.04 Å². The molecule has 0 aliphatic carbocycles. The Morgan fingerprint density at radius 1 is 1.30 bits per heavy atom. The van der Waals surface area contributed by atoms with Gasteiger partial charge in [-0.2, -0.15) is 0 Å². The van der Waals surface area contributed by atoms with E-state index in [0.717, 1.165) is 24.3 Å². The summed E-state index contributed by atoms with van der Waals surface area (Å²) in [5.41, 5.74) is 7.46. The molecule has 4 heteroatoms. The number of hydrogen-bond acceptors (Lipinski definition) is 3. The van der Waals surface area contributed by atoms with Crippen LogP contribution >= 0.6 is 0 Å². The van der Waals surface area contributed by atoms with E-state index >= 15 is 0 Å². The molecule has 0 saturated heterocycles. The lowest BCUT2D eigenvalue weighted by atomic mass is 10.1. The molecule has 1 amide bonds. The maximum Gasteiger partial charge on any atom is 0.241 e. The van der Waals surface area contributed by atoms with Crippen molar-refractivity contribution in [3.63, 3.8) is 0 Å². The van der Waals surface area contributed by atoms with Gasteiger partial charge in [0, 0.05) is 18.8 Å². The Morgan fingerprint density at radius 3 is 2.50 bits per heavy atom. The van der Waals surface area contributed by atoms with Gasteiger partial charge in [-0.25, -0.2) is 0 Å². The number of hydrogen-bond donors (Lipinski definition) is 2. The molecule has 1 atom stereocenters. The molecule has 3 N–H and O–H groups in total. The number of carbonyl (C=O) groups is 1. The van der Waals surface area contributed by atoms with Crippen molar-refractivity contribution < 1.29 is 4.79 Å². The van der Waals surface area contributed by atoms with E-state index in [0.29, 0.717) is 12.5 Å². The van der Waals surface area contributed by atoms with E-state index in [1.807, 2.05) is 31.2 Å². The largest absolute Gasteiger partial charge is 0.326 e. The molecule has 0 radical (unpaired) electrons. The predicted octanol–water partition coefficient (Wildman–Crippen LogP) is 2.45. The lowest BCUT2D eigenvalue weighted by Crippen LogP contribution is -2.43. The minimum absolute atomic E-state index is 0.0217. The maximum absolute atomic E-state index is 12.4. The Bertz CT molecular complexity index is 431. The fourth-order valence-electron chi connectivity index (χ4n) is 2.25. The second-order valence-corrected chi connectivity index (χ2v) is 5.51. The van der Waals surface area contributed by atoms with Crippen molar-refractivity contribution >= 4 is 11.6 Å². The average molecular weight is 277 g/mol. The van der Waals surface area contributed by atoms with Crippen LogP contribution in [0.15, 0.2) is 24.3 Å². The minimum atomic E-state index is -0.145. The Morgan fingerprint density at radius 2 is 1.95 bits per heavy atom. The summed E-state index contributed by atoms with van der Waals surface area (Å²) in [5.74, 6) is 0.565. The van der Waals surface area contributed by atoms with E-state index in [2.05, 4.69) is 31.0 Å². The first-order valence-electron chi connectivity index (χ1n) is 7.32. The number of nitrogens with zero attached hydrogens (tertiary/aromatic N) is 1. The number of para-hydroxylation sites is 1. The molecular formula is C16H27N3O. The number of carbonyl (C=O) groups excluding carboxylic acids is 1. The van der Waals surface area contributed by atoms with Crippen molar-refractivity contribution in [2.24, 2.45) is 11.7 Å². The third-order valence-corrected chi connectivity index (χ3v) is 3.43. The molecule has 1 rings (SSSR count). The molecule has 0 aliphatic rings. The molecule has 0 aliphatic heterocycles. The summed E-state index contributed by atoms with van der Waals surface area (Å²) in [4.78, 5) is 14.6. The molecular weight excluding hydrogens is 250 g/mol. The van der Waals surface area contributed by atoms with Gasteiger partial charge in [0.15, 0.2) is 0 Å². The quantitative estimate of drug-likeness (QED) is 0.805. The molecule has 20 heavy (non-hydrogen) atoms. The Kier molecular flexibility index (Phi) is 6.68. The van der Waals surface area contributed by atoms with E-state index in [1.165, 1.54) is 0 Å². The maximum atomic E-state index is 12.4. The molecule has 0 bridgehead atoms. The predicted molar refractivity (Wildman–Crippen MR) is 84.5 cm³/mol. The van der Waals surface area contributed by atoms with Gasteiger partial charge in [0.2, 0.25) is 5.91 Å². The first kappa shape index (κ1) is 16.7. The summed E-state index contributed by atoms with van der Waals surface area (Å²) in [6.07, 6.45) is 0. The highest BCUT2D eigenvalue weighted by molar-refractivity contribution is 5.95. The first-order valence-corrected chi connectivity index (χ1v) is 7.32. The fraction of sp³-hybridized carbons (Fsp3) is 0.562. The van der Waals surface area contributed by atoms with Gasteiger partial charge in [-0.3, -0.25) is 9.69 Å². The molecule has 1 unspecified atom stereocenters. The highest BCUT2D eigenvalue weighted by atomic mass is 16.2. The lowest BCUT2D eigenvalue weighted by Gasteiger charge is -2.28. The third-order valence-electron chi connectivity index (χ3n) is 3.43. The number of likely N-dealkylation sites (N-methyl/N-ethyl adjacent to an activating group) is 1. The standard InChI is InChI=1S/C16H27N3O/c1-5-19(11-12(2)3)13(4)16(20)18-15-9-7-6-8-14(15)10-17/h6-9,12-13H,5,10-11,17H2,1-4H3,(H,18,20). The van der Waals surface area contributed by atoms with Gasteiger partial charge in [-0.15, -0.1) is 0 Å². The lowest BCUT2D eigenvalue weighted by molar-refractivity contribution is -0.120. The van der Waals surface area contributed by atoms with Gasteiger partial charge < -0.3 is 11.1 Å². The van der Waals surface area contributed by atoms with Crippen LogP contribution in [-0.2, 0) is 11.3 Å². The first-order chi connectivity index (χ1) is 9.49. The van der Waals surface area contributed by atoms with Crippen LogP contribution < -0.4 is 11.1 Å². The number of rotatable bonds is 7. The van der Waals surface area contributed by atoms with Crippen LogP contribution in [0.4, 0.5) is 5.69 Å². The van der Waals surface area contributed by atoms with Gasteiger partial charge in [-0.1, -0.05) is 39.0 Å². The number of benzene rings is 1. The molecule has 1 aromatic rings. The van der Waals surface area contributed by atoms with Gasteiger partial charge >= 0.3 is 0 Å². The molecule has 0 saturated carbocycles. The molecule has 0 spiro atoms. The number of nitrogens with two attached hydrogens (primary N) is 1. The highest BCUT2D eigenvalue weighted by Gasteiger charge is 2.21. The van der Waals surface area contributed by atoms with Crippen molar-refractivity contribution in [3.05, 3.63) is 29.8 Å². The molecule has 0 fully saturated rings. The number of anilines is 1. The van der Waals surface area contributed by atoms with E-state index < -0.39 is 0 Å². The monoisotopic (exact) mass is 277 g/mol. The van der Waals surface area contributed by atoms with Crippen LogP contribution in [-0.4, -0.2) is 29.9 Å². The molecule has 112 valence electrons. The van der Waals surface area contributed by atoms with Gasteiger partial charge in [0.1, 0.15) is 0 Å². The Labute approximate surface area is 122 Å². The van der Waals surface area contributed by atoms with E-state index in [4.69, 9.17) is 5.73 Å². The number of nitrogens with one attached hydrogen (secondary N) is 1. The molecule has 1 aromatic carbocycles. The summed E-state index contributed by atoms with van der Waals surface area (Å²) >= 11 is 0. The van der Waals surface area contributed by atoms with Crippen LogP contribution in [0.25, 0.3) is 0 Å².